The minimum atomic E-state index is -4.49. The van der Waals surface area contributed by atoms with Gasteiger partial charge in [0.25, 0.3) is 5.91 Å². The maximum absolute atomic E-state index is 12.7. The van der Waals surface area contributed by atoms with Gasteiger partial charge in [-0.3, -0.25) is 4.79 Å². The van der Waals surface area contributed by atoms with Gasteiger partial charge in [-0.25, -0.2) is 0 Å². The van der Waals surface area contributed by atoms with E-state index in [9.17, 15) is 18.0 Å². The van der Waals surface area contributed by atoms with Crippen LogP contribution in [0.5, 0.6) is 0 Å². The Morgan fingerprint density at radius 2 is 1.93 bits per heavy atom. The van der Waals surface area contributed by atoms with Gasteiger partial charge in [-0.05, 0) is 18.6 Å². The number of benzene rings is 1. The predicted molar refractivity (Wildman–Crippen MR) is 93.9 cm³/mol. The summed E-state index contributed by atoms with van der Waals surface area (Å²) in [7, 11) is 0. The Hall–Kier alpha value is -2.62. The molecule has 142 valence electrons. The molecule has 1 amide bonds. The number of carbonyl (C=O) groups is 1. The van der Waals surface area contributed by atoms with Crippen molar-refractivity contribution in [2.24, 2.45) is 0 Å². The fraction of sp³-hybridized carbons (Fsp3) is 0.353. The Kier molecular flexibility index (Phi) is 4.50. The molecule has 0 atom stereocenters. The van der Waals surface area contributed by atoms with E-state index in [4.69, 9.17) is 4.42 Å². The van der Waals surface area contributed by atoms with E-state index in [1.165, 1.54) is 0 Å². The molecule has 6 nitrogen and oxygen atoms in total. The van der Waals surface area contributed by atoms with Crippen LogP contribution in [0.2, 0.25) is 0 Å². The summed E-state index contributed by atoms with van der Waals surface area (Å²) in [6.07, 6.45) is -3.88. The van der Waals surface area contributed by atoms with E-state index in [0.29, 0.717) is 49.5 Å². The van der Waals surface area contributed by atoms with Crippen molar-refractivity contribution in [1.82, 2.24) is 15.1 Å². The van der Waals surface area contributed by atoms with Gasteiger partial charge in [0.1, 0.15) is 5.58 Å². The fourth-order valence-corrected chi connectivity index (χ4v) is 3.78. The van der Waals surface area contributed by atoms with Crippen molar-refractivity contribution >= 4 is 33.3 Å². The number of rotatable bonds is 2. The summed E-state index contributed by atoms with van der Waals surface area (Å²) in [4.78, 5) is 16.1. The number of hydrogen-bond donors (Lipinski definition) is 0. The highest BCUT2D eigenvalue weighted by Gasteiger charge is 2.36. The lowest BCUT2D eigenvalue weighted by molar-refractivity contribution is -0.138. The first-order valence-electron chi connectivity index (χ1n) is 8.35. The standard InChI is InChI=1S/C17H15F3N4O2S/c18-17(19,20)15-21-22-16(27-15)24-7-3-6-23(8-9-24)14(25)13-10-11-4-1-2-5-12(11)26-13/h1-2,4-5,10H,3,6-9H2. The molecule has 0 N–H and O–H groups in total. The average Bonchev–Trinajstić information content (AvgIpc) is 3.23. The van der Waals surface area contributed by atoms with E-state index < -0.39 is 11.2 Å². The molecule has 3 aromatic rings. The van der Waals surface area contributed by atoms with Crippen molar-refractivity contribution in [2.45, 2.75) is 12.6 Å². The summed E-state index contributed by atoms with van der Waals surface area (Å²) in [6.45, 7) is 1.77. The van der Waals surface area contributed by atoms with Crippen molar-refractivity contribution < 1.29 is 22.4 Å². The molecule has 1 aromatic carbocycles. The van der Waals surface area contributed by atoms with Crippen molar-refractivity contribution in [2.75, 3.05) is 31.1 Å². The normalized spacial score (nSPS) is 16.0. The zero-order chi connectivity index (χ0) is 19.0. The quantitative estimate of drug-likeness (QED) is 0.662. The van der Waals surface area contributed by atoms with Crippen LogP contribution in [-0.4, -0.2) is 47.2 Å². The smallest absolute Gasteiger partial charge is 0.445 e. The molecule has 3 heterocycles. The number of fused-ring (bicyclic) bond motifs is 1. The van der Waals surface area contributed by atoms with Crippen LogP contribution in [0.4, 0.5) is 18.3 Å². The van der Waals surface area contributed by atoms with Gasteiger partial charge in [-0.15, -0.1) is 10.2 Å². The topological polar surface area (TPSA) is 62.5 Å². The lowest BCUT2D eigenvalue weighted by Crippen LogP contribution is -2.35. The minimum Gasteiger partial charge on any atom is -0.451 e. The maximum atomic E-state index is 12.7. The molecule has 1 saturated heterocycles. The Morgan fingerprint density at radius 3 is 2.67 bits per heavy atom. The van der Waals surface area contributed by atoms with E-state index in [1.54, 1.807) is 21.9 Å². The summed E-state index contributed by atoms with van der Waals surface area (Å²) in [5.41, 5.74) is 0.644. The fourth-order valence-electron chi connectivity index (χ4n) is 3.01. The number of amides is 1. The Bertz CT molecular complexity index is 935. The number of halogens is 3. The van der Waals surface area contributed by atoms with Crippen LogP contribution >= 0.6 is 11.3 Å². The second-order valence-corrected chi connectivity index (χ2v) is 7.12. The van der Waals surface area contributed by atoms with Gasteiger partial charge >= 0.3 is 6.18 Å². The molecule has 0 radical (unpaired) electrons. The zero-order valence-corrected chi connectivity index (χ0v) is 14.9. The number of aromatic nitrogens is 2. The first-order valence-corrected chi connectivity index (χ1v) is 9.17. The molecule has 0 saturated carbocycles. The van der Waals surface area contributed by atoms with Crippen molar-refractivity contribution in [1.29, 1.82) is 0 Å². The summed E-state index contributed by atoms with van der Waals surface area (Å²) in [5.74, 6) is 0.0428. The summed E-state index contributed by atoms with van der Waals surface area (Å²) in [5, 5.41) is 7.00. The molecule has 1 aliphatic heterocycles. The molecule has 2 aromatic heterocycles. The molecular weight excluding hydrogens is 381 g/mol. The molecule has 0 spiro atoms. The van der Waals surface area contributed by atoms with Crippen LogP contribution in [0.25, 0.3) is 11.0 Å². The molecule has 0 unspecified atom stereocenters. The predicted octanol–water partition coefficient (Wildman–Crippen LogP) is 3.66. The Labute approximate surface area is 156 Å². The number of para-hydroxylation sites is 1. The third kappa shape index (κ3) is 3.61. The second-order valence-electron chi connectivity index (χ2n) is 6.17. The number of anilines is 1. The SMILES string of the molecule is O=C(c1cc2ccccc2o1)N1CCCN(c2nnc(C(F)(F)F)s2)CC1. The number of furan rings is 1. The average molecular weight is 396 g/mol. The number of carbonyl (C=O) groups excluding carboxylic acids is 1. The molecule has 4 rings (SSSR count). The first-order chi connectivity index (χ1) is 12.9. The molecule has 1 fully saturated rings. The van der Waals surface area contributed by atoms with Crippen LogP contribution in [0, 0.1) is 0 Å². The van der Waals surface area contributed by atoms with Gasteiger partial charge in [0, 0.05) is 31.6 Å². The molecule has 1 aliphatic rings. The van der Waals surface area contributed by atoms with Crippen molar-refractivity contribution in [3.63, 3.8) is 0 Å². The van der Waals surface area contributed by atoms with E-state index in [1.807, 2.05) is 18.2 Å². The van der Waals surface area contributed by atoms with Crippen LogP contribution in [0.3, 0.4) is 0 Å². The van der Waals surface area contributed by atoms with E-state index >= 15 is 0 Å². The van der Waals surface area contributed by atoms with E-state index in [2.05, 4.69) is 10.2 Å². The minimum absolute atomic E-state index is 0.221. The Balaban J connectivity index is 1.46. The van der Waals surface area contributed by atoms with E-state index in [0.717, 1.165) is 5.39 Å². The van der Waals surface area contributed by atoms with Crippen LogP contribution < -0.4 is 4.90 Å². The maximum Gasteiger partial charge on any atom is 0.445 e. The highest BCUT2D eigenvalue weighted by Crippen LogP contribution is 2.34. The van der Waals surface area contributed by atoms with Crippen LogP contribution in [-0.2, 0) is 6.18 Å². The second kappa shape index (κ2) is 6.84. The van der Waals surface area contributed by atoms with Crippen molar-refractivity contribution in [3.05, 3.63) is 41.1 Å². The highest BCUT2D eigenvalue weighted by atomic mass is 32.1. The molecule has 27 heavy (non-hydrogen) atoms. The van der Waals surface area contributed by atoms with Gasteiger partial charge in [-0.2, -0.15) is 13.2 Å². The van der Waals surface area contributed by atoms with Gasteiger partial charge in [0.15, 0.2) is 5.76 Å². The number of nitrogens with zero attached hydrogens (tertiary/aromatic N) is 4. The summed E-state index contributed by atoms with van der Waals surface area (Å²) >= 11 is 0.521. The van der Waals surface area contributed by atoms with Crippen molar-refractivity contribution in [3.8, 4) is 0 Å². The zero-order valence-electron chi connectivity index (χ0n) is 14.1. The van der Waals surface area contributed by atoms with Gasteiger partial charge in [0.2, 0.25) is 10.1 Å². The van der Waals surface area contributed by atoms with Gasteiger partial charge in [0.05, 0.1) is 0 Å². The van der Waals surface area contributed by atoms with Gasteiger partial charge in [-0.1, -0.05) is 29.5 Å². The monoisotopic (exact) mass is 396 g/mol. The number of alkyl halides is 3. The van der Waals surface area contributed by atoms with Crippen LogP contribution in [0.15, 0.2) is 34.7 Å². The molecule has 10 heteroatoms. The third-order valence-corrected chi connectivity index (χ3v) is 5.38. The first kappa shape index (κ1) is 17.8. The summed E-state index contributed by atoms with van der Waals surface area (Å²) < 4.78 is 43.8. The third-order valence-electron chi connectivity index (χ3n) is 4.35. The van der Waals surface area contributed by atoms with Gasteiger partial charge < -0.3 is 14.2 Å². The number of hydrogen-bond acceptors (Lipinski definition) is 6. The lowest BCUT2D eigenvalue weighted by Gasteiger charge is -2.20. The largest absolute Gasteiger partial charge is 0.451 e. The Morgan fingerprint density at radius 1 is 1.11 bits per heavy atom. The van der Waals surface area contributed by atoms with E-state index in [-0.39, 0.29) is 16.8 Å². The lowest BCUT2D eigenvalue weighted by atomic mass is 10.2. The molecular formula is C17H15F3N4O2S. The summed E-state index contributed by atoms with van der Waals surface area (Å²) in [6, 6.07) is 9.08. The molecule has 0 aliphatic carbocycles. The molecule has 0 bridgehead atoms. The van der Waals surface area contributed by atoms with Crippen LogP contribution in [0.1, 0.15) is 22.0 Å². The highest BCUT2D eigenvalue weighted by molar-refractivity contribution is 7.15.